The Balaban J connectivity index is 2.21. The lowest BCUT2D eigenvalue weighted by molar-refractivity contribution is -0.138. The number of hydrogen-bond donors (Lipinski definition) is 1. The van der Waals surface area contributed by atoms with Gasteiger partial charge in [0.25, 0.3) is 0 Å². The number of hydrogen-bond acceptors (Lipinski definition) is 2. The molecule has 0 aromatic heterocycles. The van der Waals surface area contributed by atoms with Crippen LogP contribution in [0, 0.1) is 5.82 Å². The van der Waals surface area contributed by atoms with Crippen LogP contribution in [0.1, 0.15) is 11.5 Å². The van der Waals surface area contributed by atoms with Gasteiger partial charge < -0.3 is 5.11 Å². The monoisotopic (exact) mass is 292 g/mol. The summed E-state index contributed by atoms with van der Waals surface area (Å²) in [6, 6.07) is 14.0. The molecule has 104 valence electrons. The molecule has 0 radical (unpaired) electrons. The lowest BCUT2D eigenvalue weighted by Crippen LogP contribution is -2.19. The van der Waals surface area contributed by atoms with Gasteiger partial charge in [-0.3, -0.25) is 9.00 Å². The number of benzene rings is 2. The van der Waals surface area contributed by atoms with Crippen molar-refractivity contribution in [2.45, 2.75) is 10.8 Å². The second kappa shape index (κ2) is 6.43. The zero-order chi connectivity index (χ0) is 14.5. The van der Waals surface area contributed by atoms with Crippen LogP contribution in [0.5, 0.6) is 0 Å². The molecule has 3 nitrogen and oxygen atoms in total. The molecule has 2 aromatic rings. The van der Waals surface area contributed by atoms with Crippen molar-refractivity contribution in [2.75, 3.05) is 5.75 Å². The molecule has 0 saturated carbocycles. The molecule has 0 fully saturated rings. The lowest BCUT2D eigenvalue weighted by atomic mass is 10.0. The van der Waals surface area contributed by atoms with Gasteiger partial charge in [0.2, 0.25) is 0 Å². The fraction of sp³-hybridized carbons (Fsp3) is 0.133. The van der Waals surface area contributed by atoms with Crippen LogP contribution in [0.25, 0.3) is 0 Å². The summed E-state index contributed by atoms with van der Waals surface area (Å²) in [7, 11) is -1.57. The Morgan fingerprint density at radius 3 is 2.45 bits per heavy atom. The van der Waals surface area contributed by atoms with Gasteiger partial charge in [0.15, 0.2) is 0 Å². The summed E-state index contributed by atoms with van der Waals surface area (Å²) in [4.78, 5) is 11.6. The van der Waals surface area contributed by atoms with Gasteiger partial charge in [0.05, 0.1) is 16.7 Å². The number of aliphatic carboxylic acids is 1. The number of carboxylic acids is 1. The van der Waals surface area contributed by atoms with Crippen LogP contribution in [0.3, 0.4) is 0 Å². The highest BCUT2D eigenvalue weighted by molar-refractivity contribution is 7.85. The van der Waals surface area contributed by atoms with E-state index in [9.17, 15) is 18.5 Å². The molecule has 0 saturated heterocycles. The van der Waals surface area contributed by atoms with Crippen molar-refractivity contribution in [1.82, 2.24) is 0 Å². The van der Waals surface area contributed by atoms with E-state index in [0.29, 0.717) is 10.5 Å². The molecule has 0 heterocycles. The average Bonchev–Trinajstić information content (AvgIpc) is 2.45. The van der Waals surface area contributed by atoms with Crippen LogP contribution in [0.2, 0.25) is 0 Å². The Kier molecular flexibility index (Phi) is 4.63. The van der Waals surface area contributed by atoms with Crippen molar-refractivity contribution in [3.8, 4) is 0 Å². The quantitative estimate of drug-likeness (QED) is 0.922. The molecule has 0 aliphatic rings. The third kappa shape index (κ3) is 3.51. The number of carboxylic acid groups (broad SMARTS) is 1. The van der Waals surface area contributed by atoms with E-state index in [1.54, 1.807) is 30.3 Å². The SMILES string of the molecule is O=C(O)C(CS(=O)c1cccc(F)c1)c1ccccc1. The molecule has 2 unspecified atom stereocenters. The topological polar surface area (TPSA) is 54.4 Å². The first-order valence-corrected chi connectivity index (χ1v) is 7.31. The second-order valence-corrected chi connectivity index (χ2v) is 5.77. The smallest absolute Gasteiger partial charge is 0.311 e. The lowest BCUT2D eigenvalue weighted by Gasteiger charge is -2.12. The molecule has 0 spiro atoms. The summed E-state index contributed by atoms with van der Waals surface area (Å²) < 4.78 is 25.3. The van der Waals surface area contributed by atoms with Gasteiger partial charge >= 0.3 is 5.97 Å². The van der Waals surface area contributed by atoms with Crippen molar-refractivity contribution in [3.05, 3.63) is 66.0 Å². The molecule has 2 aromatic carbocycles. The third-order valence-electron chi connectivity index (χ3n) is 2.88. The highest BCUT2D eigenvalue weighted by atomic mass is 32.2. The summed E-state index contributed by atoms with van der Waals surface area (Å²) in [5.41, 5.74) is 0.588. The Labute approximate surface area is 118 Å². The molecular weight excluding hydrogens is 279 g/mol. The van der Waals surface area contributed by atoms with Crippen molar-refractivity contribution < 1.29 is 18.5 Å². The van der Waals surface area contributed by atoms with Crippen molar-refractivity contribution in [3.63, 3.8) is 0 Å². The van der Waals surface area contributed by atoms with Crippen molar-refractivity contribution in [2.24, 2.45) is 0 Å². The number of rotatable bonds is 5. The maximum Gasteiger partial charge on any atom is 0.311 e. The van der Waals surface area contributed by atoms with E-state index in [1.807, 2.05) is 0 Å². The molecule has 5 heteroatoms. The van der Waals surface area contributed by atoms with Crippen molar-refractivity contribution in [1.29, 1.82) is 0 Å². The fourth-order valence-corrected chi connectivity index (χ4v) is 3.16. The van der Waals surface area contributed by atoms with E-state index < -0.39 is 28.5 Å². The molecule has 0 aliphatic carbocycles. The highest BCUT2D eigenvalue weighted by Crippen LogP contribution is 2.20. The van der Waals surface area contributed by atoms with Crippen LogP contribution in [0.15, 0.2) is 59.5 Å². The highest BCUT2D eigenvalue weighted by Gasteiger charge is 2.23. The predicted octanol–water partition coefficient (Wildman–Crippen LogP) is 2.80. The van der Waals surface area contributed by atoms with Crippen molar-refractivity contribution >= 4 is 16.8 Å². The Bertz CT molecular complexity index is 628. The van der Waals surface area contributed by atoms with Gasteiger partial charge in [0, 0.05) is 10.6 Å². The fourth-order valence-electron chi connectivity index (χ4n) is 1.85. The van der Waals surface area contributed by atoms with Crippen LogP contribution < -0.4 is 0 Å². The van der Waals surface area contributed by atoms with Gasteiger partial charge in [-0.05, 0) is 23.8 Å². The average molecular weight is 292 g/mol. The first-order chi connectivity index (χ1) is 9.58. The minimum atomic E-state index is -1.57. The summed E-state index contributed by atoms with van der Waals surface area (Å²) in [5.74, 6) is -2.48. The van der Waals surface area contributed by atoms with Gasteiger partial charge in [-0.1, -0.05) is 36.4 Å². The normalized spacial score (nSPS) is 13.7. The van der Waals surface area contributed by atoms with Crippen LogP contribution in [-0.2, 0) is 15.6 Å². The van der Waals surface area contributed by atoms with Gasteiger partial charge in [-0.2, -0.15) is 0 Å². The summed E-state index contributed by atoms with van der Waals surface area (Å²) >= 11 is 0. The van der Waals surface area contributed by atoms with Gasteiger partial charge in [-0.15, -0.1) is 0 Å². The van der Waals surface area contributed by atoms with Gasteiger partial charge in [-0.25, -0.2) is 4.39 Å². The molecule has 2 atom stereocenters. The van der Waals surface area contributed by atoms with E-state index in [-0.39, 0.29) is 5.75 Å². The van der Waals surface area contributed by atoms with Gasteiger partial charge in [0.1, 0.15) is 5.82 Å². The first kappa shape index (κ1) is 14.4. The Hall–Kier alpha value is -2.01. The third-order valence-corrected chi connectivity index (χ3v) is 4.29. The molecule has 1 N–H and O–H groups in total. The van der Waals surface area contributed by atoms with E-state index in [4.69, 9.17) is 0 Å². The zero-order valence-electron chi connectivity index (χ0n) is 10.5. The first-order valence-electron chi connectivity index (χ1n) is 5.99. The summed E-state index contributed by atoms with van der Waals surface area (Å²) in [5, 5.41) is 9.27. The zero-order valence-corrected chi connectivity index (χ0v) is 11.3. The standard InChI is InChI=1S/C15H13FO3S/c16-12-7-4-8-13(9-12)20(19)10-14(15(17)18)11-5-2-1-3-6-11/h1-9,14H,10H2,(H,17,18). The largest absolute Gasteiger partial charge is 0.481 e. The minimum Gasteiger partial charge on any atom is -0.481 e. The van der Waals surface area contributed by atoms with E-state index in [0.717, 1.165) is 0 Å². The molecular formula is C15H13FO3S. The maximum absolute atomic E-state index is 13.1. The number of carbonyl (C=O) groups is 1. The molecule has 0 aliphatic heterocycles. The summed E-state index contributed by atoms with van der Waals surface area (Å²) in [6.45, 7) is 0. The molecule has 0 amide bonds. The van der Waals surface area contributed by atoms with Crippen LogP contribution >= 0.6 is 0 Å². The second-order valence-electron chi connectivity index (χ2n) is 4.27. The predicted molar refractivity (Wildman–Crippen MR) is 74.5 cm³/mol. The molecule has 2 rings (SSSR count). The van der Waals surface area contributed by atoms with E-state index in [2.05, 4.69) is 0 Å². The Morgan fingerprint density at radius 1 is 1.15 bits per heavy atom. The molecule has 20 heavy (non-hydrogen) atoms. The van der Waals surface area contributed by atoms with E-state index in [1.165, 1.54) is 24.3 Å². The van der Waals surface area contributed by atoms with Crippen LogP contribution in [0.4, 0.5) is 4.39 Å². The summed E-state index contributed by atoms with van der Waals surface area (Å²) in [6.07, 6.45) is 0. The maximum atomic E-state index is 13.1. The number of halogens is 1. The van der Waals surface area contributed by atoms with Crippen LogP contribution in [-0.4, -0.2) is 21.0 Å². The Morgan fingerprint density at radius 2 is 1.85 bits per heavy atom. The van der Waals surface area contributed by atoms with E-state index >= 15 is 0 Å². The molecule has 0 bridgehead atoms. The minimum absolute atomic E-state index is 0.0806.